The molecule has 0 atom stereocenters. The van der Waals surface area contributed by atoms with Crippen LogP contribution in [-0.2, 0) is 0 Å². The molecule has 4 rings (SSSR count). The van der Waals surface area contributed by atoms with E-state index in [2.05, 4.69) is 36.9 Å². The second-order valence-electron chi connectivity index (χ2n) is 6.71. The molecule has 0 bridgehead atoms. The third kappa shape index (κ3) is 3.06. The lowest BCUT2D eigenvalue weighted by Gasteiger charge is -2.37. The van der Waals surface area contributed by atoms with Gasteiger partial charge in [-0.1, -0.05) is 0 Å². The van der Waals surface area contributed by atoms with Gasteiger partial charge in [-0.25, -0.2) is 9.97 Å². The van der Waals surface area contributed by atoms with Crippen LogP contribution in [-0.4, -0.2) is 52.3 Å². The van der Waals surface area contributed by atoms with Crippen LogP contribution < -0.4 is 9.80 Å². The van der Waals surface area contributed by atoms with E-state index >= 15 is 0 Å². The lowest BCUT2D eigenvalue weighted by molar-refractivity contribution is 0.0731. The minimum atomic E-state index is -0.156. The van der Waals surface area contributed by atoms with Crippen molar-refractivity contribution in [1.29, 1.82) is 0 Å². The number of aliphatic hydroxyl groups is 1. The molecule has 6 heteroatoms. The Labute approximate surface area is 142 Å². The summed E-state index contributed by atoms with van der Waals surface area (Å²) in [5.74, 6) is 2.22. The van der Waals surface area contributed by atoms with Gasteiger partial charge in [-0.15, -0.1) is 0 Å². The first kappa shape index (κ1) is 15.3. The maximum atomic E-state index is 9.54. The number of aromatic nitrogens is 3. The molecule has 1 saturated heterocycles. The number of nitrogens with zero attached hydrogens (tertiary/aromatic N) is 5. The van der Waals surface area contributed by atoms with Gasteiger partial charge in [0.25, 0.3) is 0 Å². The predicted octanol–water partition coefficient (Wildman–Crippen LogP) is 1.74. The van der Waals surface area contributed by atoms with Crippen molar-refractivity contribution in [2.75, 3.05) is 36.0 Å². The number of hydrogen-bond donors (Lipinski definition) is 1. The van der Waals surface area contributed by atoms with E-state index in [1.165, 1.54) is 5.69 Å². The molecule has 3 heterocycles. The van der Waals surface area contributed by atoms with Crippen molar-refractivity contribution in [2.45, 2.75) is 31.8 Å². The molecule has 6 nitrogen and oxygen atoms in total. The van der Waals surface area contributed by atoms with Gasteiger partial charge in [0, 0.05) is 50.1 Å². The number of rotatable bonds is 3. The van der Waals surface area contributed by atoms with Crippen molar-refractivity contribution in [3.63, 3.8) is 0 Å². The standard InChI is InChI=1S/C18H23N5O/c1-13-20-17(14-9-16(24)10-14)11-18(21-13)23-7-5-22(6-8-23)15-3-2-4-19-12-15/h2-4,11-12,14,16,24H,5-10H2,1H3. The number of hydrogen-bond acceptors (Lipinski definition) is 6. The quantitative estimate of drug-likeness (QED) is 0.927. The molecule has 2 aromatic rings. The molecule has 1 aliphatic carbocycles. The zero-order chi connectivity index (χ0) is 16.5. The summed E-state index contributed by atoms with van der Waals surface area (Å²) in [6, 6.07) is 6.20. The van der Waals surface area contributed by atoms with Crippen LogP contribution in [0.4, 0.5) is 11.5 Å². The highest BCUT2D eigenvalue weighted by molar-refractivity contribution is 5.48. The van der Waals surface area contributed by atoms with Crippen molar-refractivity contribution >= 4 is 11.5 Å². The van der Waals surface area contributed by atoms with Crippen LogP contribution in [0.3, 0.4) is 0 Å². The molecule has 2 fully saturated rings. The normalized spacial score (nSPS) is 23.9. The fourth-order valence-electron chi connectivity index (χ4n) is 3.51. The van der Waals surface area contributed by atoms with E-state index in [0.717, 1.165) is 56.4 Å². The molecule has 0 amide bonds. The second-order valence-corrected chi connectivity index (χ2v) is 6.71. The SMILES string of the molecule is Cc1nc(C2CC(O)C2)cc(N2CCN(c3cccnc3)CC2)n1. The van der Waals surface area contributed by atoms with E-state index in [1.54, 1.807) is 0 Å². The molecule has 2 aliphatic rings. The van der Waals surface area contributed by atoms with Gasteiger partial charge in [0.05, 0.1) is 18.0 Å². The number of pyridine rings is 1. The predicted molar refractivity (Wildman–Crippen MR) is 93.4 cm³/mol. The van der Waals surface area contributed by atoms with Crippen molar-refractivity contribution in [3.05, 3.63) is 42.1 Å². The Morgan fingerprint density at radius 2 is 1.83 bits per heavy atom. The Kier molecular flexibility index (Phi) is 4.06. The van der Waals surface area contributed by atoms with Gasteiger partial charge in [0.15, 0.2) is 0 Å². The summed E-state index contributed by atoms with van der Waals surface area (Å²) >= 11 is 0. The highest BCUT2D eigenvalue weighted by Gasteiger charge is 2.30. The molecule has 24 heavy (non-hydrogen) atoms. The molecule has 126 valence electrons. The Morgan fingerprint density at radius 1 is 1.08 bits per heavy atom. The van der Waals surface area contributed by atoms with Crippen LogP contribution in [0, 0.1) is 6.92 Å². The summed E-state index contributed by atoms with van der Waals surface area (Å²) < 4.78 is 0. The van der Waals surface area contributed by atoms with E-state index in [-0.39, 0.29) is 6.10 Å². The van der Waals surface area contributed by atoms with E-state index < -0.39 is 0 Å². The topological polar surface area (TPSA) is 65.4 Å². The van der Waals surface area contributed by atoms with E-state index in [9.17, 15) is 5.11 Å². The van der Waals surface area contributed by atoms with Crippen molar-refractivity contribution in [3.8, 4) is 0 Å². The second kappa shape index (κ2) is 6.36. The zero-order valence-electron chi connectivity index (χ0n) is 14.0. The van der Waals surface area contributed by atoms with Gasteiger partial charge in [-0.3, -0.25) is 4.98 Å². The van der Waals surface area contributed by atoms with Gasteiger partial charge in [0.1, 0.15) is 11.6 Å². The fraction of sp³-hybridized carbons (Fsp3) is 0.500. The fourth-order valence-corrected chi connectivity index (χ4v) is 3.51. The third-order valence-electron chi connectivity index (χ3n) is 4.99. The summed E-state index contributed by atoms with van der Waals surface area (Å²) in [7, 11) is 0. The van der Waals surface area contributed by atoms with Crippen LogP contribution in [0.25, 0.3) is 0 Å². The van der Waals surface area contributed by atoms with E-state index in [1.807, 2.05) is 25.4 Å². The summed E-state index contributed by atoms with van der Waals surface area (Å²) in [4.78, 5) is 18.1. The molecule has 0 aromatic carbocycles. The van der Waals surface area contributed by atoms with Gasteiger partial charge in [0.2, 0.25) is 0 Å². The molecule has 0 radical (unpaired) electrons. The van der Waals surface area contributed by atoms with Gasteiger partial charge in [-0.2, -0.15) is 0 Å². The smallest absolute Gasteiger partial charge is 0.132 e. The Morgan fingerprint density at radius 3 is 2.50 bits per heavy atom. The Hall–Kier alpha value is -2.21. The van der Waals surface area contributed by atoms with Gasteiger partial charge >= 0.3 is 0 Å². The highest BCUT2D eigenvalue weighted by atomic mass is 16.3. The van der Waals surface area contributed by atoms with Crippen LogP contribution in [0.5, 0.6) is 0 Å². The van der Waals surface area contributed by atoms with Crippen molar-refractivity contribution in [2.24, 2.45) is 0 Å². The maximum absolute atomic E-state index is 9.54. The largest absolute Gasteiger partial charge is 0.393 e. The molecule has 1 aliphatic heterocycles. The van der Waals surface area contributed by atoms with E-state index in [0.29, 0.717) is 5.92 Å². The van der Waals surface area contributed by atoms with Gasteiger partial charge < -0.3 is 14.9 Å². The van der Waals surface area contributed by atoms with Crippen LogP contribution in [0.1, 0.15) is 30.3 Å². The Balaban J connectivity index is 1.45. The molecular formula is C18H23N5O. The summed E-state index contributed by atoms with van der Waals surface area (Å²) in [6.45, 7) is 5.77. The minimum Gasteiger partial charge on any atom is -0.393 e. The van der Waals surface area contributed by atoms with E-state index in [4.69, 9.17) is 0 Å². The number of aryl methyl sites for hydroxylation is 1. The average molecular weight is 325 g/mol. The first-order valence-corrected chi connectivity index (χ1v) is 8.62. The van der Waals surface area contributed by atoms with Gasteiger partial charge in [-0.05, 0) is 31.9 Å². The lowest BCUT2D eigenvalue weighted by atomic mass is 9.80. The van der Waals surface area contributed by atoms with Crippen LogP contribution in [0.15, 0.2) is 30.6 Å². The maximum Gasteiger partial charge on any atom is 0.132 e. The lowest BCUT2D eigenvalue weighted by Crippen LogP contribution is -2.47. The first-order valence-electron chi connectivity index (χ1n) is 8.62. The number of piperazine rings is 1. The zero-order valence-corrected chi connectivity index (χ0v) is 14.0. The monoisotopic (exact) mass is 325 g/mol. The molecule has 2 aromatic heterocycles. The summed E-state index contributed by atoms with van der Waals surface area (Å²) in [5, 5.41) is 9.54. The van der Waals surface area contributed by atoms with Crippen LogP contribution >= 0.6 is 0 Å². The molecule has 1 N–H and O–H groups in total. The molecular weight excluding hydrogens is 302 g/mol. The Bertz CT molecular complexity index is 694. The summed E-state index contributed by atoms with van der Waals surface area (Å²) in [6.07, 6.45) is 5.22. The first-order chi connectivity index (χ1) is 11.7. The minimum absolute atomic E-state index is 0.156. The number of aliphatic hydroxyl groups excluding tert-OH is 1. The van der Waals surface area contributed by atoms with Crippen molar-refractivity contribution in [1.82, 2.24) is 15.0 Å². The van der Waals surface area contributed by atoms with Crippen molar-refractivity contribution < 1.29 is 5.11 Å². The third-order valence-corrected chi connectivity index (χ3v) is 4.99. The molecule has 0 unspecified atom stereocenters. The summed E-state index contributed by atoms with van der Waals surface area (Å²) in [5.41, 5.74) is 2.26. The highest BCUT2D eigenvalue weighted by Crippen LogP contribution is 2.36. The van der Waals surface area contributed by atoms with Crippen LogP contribution in [0.2, 0.25) is 0 Å². The average Bonchev–Trinajstić information content (AvgIpc) is 2.59. The number of anilines is 2. The molecule has 0 spiro atoms. The molecule has 1 saturated carbocycles.